The smallest absolute Gasteiger partial charge is 0.0793 e. The minimum absolute atomic E-state index is 0.359. The van der Waals surface area contributed by atoms with Gasteiger partial charge in [-0.2, -0.15) is 0 Å². The summed E-state index contributed by atoms with van der Waals surface area (Å²) in [7, 11) is 0. The number of halogens is 1. The van der Waals surface area contributed by atoms with Crippen molar-refractivity contribution in [3.8, 4) is 0 Å². The summed E-state index contributed by atoms with van der Waals surface area (Å²) in [6.07, 6.45) is 1.34. The van der Waals surface area contributed by atoms with Crippen LogP contribution in [0.2, 0.25) is 0 Å². The first-order valence-corrected chi connectivity index (χ1v) is 6.89. The summed E-state index contributed by atoms with van der Waals surface area (Å²) in [6, 6.07) is 11.9. The lowest BCUT2D eigenvalue weighted by Crippen LogP contribution is -1.98. The van der Waals surface area contributed by atoms with Crippen LogP contribution in [0.15, 0.2) is 46.3 Å². The SMILES string of the molecule is OC(CCc1cc(Br)cs1)c1ccccc1. The third kappa shape index (κ3) is 3.17. The van der Waals surface area contributed by atoms with Crippen LogP contribution >= 0.6 is 27.3 Å². The normalized spacial score (nSPS) is 12.6. The average Bonchev–Trinajstić information content (AvgIpc) is 2.73. The number of aryl methyl sites for hydroxylation is 1. The van der Waals surface area contributed by atoms with E-state index in [9.17, 15) is 5.11 Å². The van der Waals surface area contributed by atoms with E-state index in [2.05, 4.69) is 27.4 Å². The zero-order chi connectivity index (χ0) is 11.4. The first kappa shape index (κ1) is 11.8. The molecule has 0 aliphatic rings. The van der Waals surface area contributed by atoms with Crippen LogP contribution in [0, 0.1) is 0 Å². The second-order valence-electron chi connectivity index (χ2n) is 3.70. The fraction of sp³-hybridized carbons (Fsp3) is 0.231. The molecule has 1 heterocycles. The molecule has 0 radical (unpaired) electrons. The number of aliphatic hydroxyl groups excluding tert-OH is 1. The molecule has 0 saturated heterocycles. The zero-order valence-corrected chi connectivity index (χ0v) is 11.2. The van der Waals surface area contributed by atoms with E-state index in [0.717, 1.165) is 22.9 Å². The number of thiophene rings is 1. The molecular formula is C13H13BrOS. The van der Waals surface area contributed by atoms with Crippen molar-refractivity contribution in [2.24, 2.45) is 0 Å². The molecule has 16 heavy (non-hydrogen) atoms. The van der Waals surface area contributed by atoms with Gasteiger partial charge in [-0.3, -0.25) is 0 Å². The largest absolute Gasteiger partial charge is 0.388 e. The maximum absolute atomic E-state index is 9.98. The molecular weight excluding hydrogens is 284 g/mol. The Kier molecular flexibility index (Phi) is 4.16. The molecule has 1 aromatic carbocycles. The topological polar surface area (TPSA) is 20.2 Å². The number of benzene rings is 1. The number of hydrogen-bond donors (Lipinski definition) is 1. The summed E-state index contributed by atoms with van der Waals surface area (Å²) < 4.78 is 1.13. The lowest BCUT2D eigenvalue weighted by molar-refractivity contribution is 0.168. The van der Waals surface area contributed by atoms with Gasteiger partial charge in [0.25, 0.3) is 0 Å². The van der Waals surface area contributed by atoms with E-state index >= 15 is 0 Å². The maximum atomic E-state index is 9.98. The van der Waals surface area contributed by atoms with Gasteiger partial charge in [0, 0.05) is 14.7 Å². The third-order valence-corrected chi connectivity index (χ3v) is 4.23. The van der Waals surface area contributed by atoms with Crippen molar-refractivity contribution in [1.29, 1.82) is 0 Å². The van der Waals surface area contributed by atoms with Crippen LogP contribution in [0.1, 0.15) is 23.0 Å². The van der Waals surface area contributed by atoms with Gasteiger partial charge in [0.15, 0.2) is 0 Å². The molecule has 2 rings (SSSR count). The van der Waals surface area contributed by atoms with Gasteiger partial charge >= 0.3 is 0 Å². The minimum Gasteiger partial charge on any atom is -0.388 e. The van der Waals surface area contributed by atoms with Gasteiger partial charge < -0.3 is 5.11 Å². The first-order valence-electron chi connectivity index (χ1n) is 5.21. The molecule has 0 aliphatic heterocycles. The van der Waals surface area contributed by atoms with E-state index < -0.39 is 0 Å². The molecule has 0 aliphatic carbocycles. The monoisotopic (exact) mass is 296 g/mol. The predicted octanol–water partition coefficient (Wildman–Crippen LogP) is 4.18. The van der Waals surface area contributed by atoms with Gasteiger partial charge in [-0.25, -0.2) is 0 Å². The van der Waals surface area contributed by atoms with Crippen LogP contribution in [0.4, 0.5) is 0 Å². The molecule has 1 aromatic heterocycles. The molecule has 0 amide bonds. The van der Waals surface area contributed by atoms with Crippen molar-refractivity contribution < 1.29 is 5.11 Å². The molecule has 84 valence electrons. The highest BCUT2D eigenvalue weighted by Gasteiger charge is 2.07. The number of rotatable bonds is 4. The molecule has 1 unspecified atom stereocenters. The quantitative estimate of drug-likeness (QED) is 0.897. The van der Waals surface area contributed by atoms with E-state index in [1.807, 2.05) is 30.3 Å². The summed E-state index contributed by atoms with van der Waals surface area (Å²) in [5.74, 6) is 0. The molecule has 1 nitrogen and oxygen atoms in total. The highest BCUT2D eigenvalue weighted by Crippen LogP contribution is 2.24. The summed E-state index contributed by atoms with van der Waals surface area (Å²) in [6.45, 7) is 0. The van der Waals surface area contributed by atoms with Gasteiger partial charge in [0.2, 0.25) is 0 Å². The molecule has 0 bridgehead atoms. The summed E-state index contributed by atoms with van der Waals surface area (Å²) in [5, 5.41) is 12.1. The van der Waals surface area contributed by atoms with E-state index in [0.29, 0.717) is 0 Å². The molecule has 1 N–H and O–H groups in total. The lowest BCUT2D eigenvalue weighted by atomic mass is 10.0. The van der Waals surface area contributed by atoms with Crippen LogP contribution in [0.5, 0.6) is 0 Å². The van der Waals surface area contributed by atoms with Crippen molar-refractivity contribution in [1.82, 2.24) is 0 Å². The second kappa shape index (κ2) is 5.62. The van der Waals surface area contributed by atoms with Gasteiger partial charge in [-0.1, -0.05) is 30.3 Å². The van der Waals surface area contributed by atoms with Crippen molar-refractivity contribution in [3.63, 3.8) is 0 Å². The molecule has 3 heteroatoms. The standard InChI is InChI=1S/C13H13BrOS/c14-11-8-12(16-9-11)6-7-13(15)10-4-2-1-3-5-10/h1-5,8-9,13,15H,6-7H2. The van der Waals surface area contributed by atoms with Crippen molar-refractivity contribution >= 4 is 27.3 Å². The predicted molar refractivity (Wildman–Crippen MR) is 71.7 cm³/mol. The van der Waals surface area contributed by atoms with Gasteiger partial charge in [-0.05, 0) is 40.4 Å². The molecule has 0 saturated carbocycles. The highest BCUT2D eigenvalue weighted by molar-refractivity contribution is 9.10. The molecule has 2 aromatic rings. The number of hydrogen-bond acceptors (Lipinski definition) is 2. The van der Waals surface area contributed by atoms with Gasteiger partial charge in [-0.15, -0.1) is 11.3 Å². The Hall–Kier alpha value is -0.640. The molecule has 0 spiro atoms. The van der Waals surface area contributed by atoms with Crippen LogP contribution < -0.4 is 0 Å². The van der Waals surface area contributed by atoms with E-state index in [1.54, 1.807) is 11.3 Å². The fourth-order valence-corrected chi connectivity index (χ4v) is 3.08. The Morgan fingerprint density at radius 2 is 2.00 bits per heavy atom. The van der Waals surface area contributed by atoms with E-state index in [-0.39, 0.29) is 6.10 Å². The van der Waals surface area contributed by atoms with Gasteiger partial charge in [0.05, 0.1) is 6.10 Å². The Morgan fingerprint density at radius 1 is 1.25 bits per heavy atom. The minimum atomic E-state index is -0.359. The third-order valence-electron chi connectivity index (χ3n) is 2.47. The van der Waals surface area contributed by atoms with Crippen molar-refractivity contribution in [2.75, 3.05) is 0 Å². The Labute approximate surface area is 108 Å². The van der Waals surface area contributed by atoms with Gasteiger partial charge in [0.1, 0.15) is 0 Å². The summed E-state index contributed by atoms with van der Waals surface area (Å²) in [4.78, 5) is 1.31. The van der Waals surface area contributed by atoms with E-state index in [4.69, 9.17) is 0 Å². The van der Waals surface area contributed by atoms with Crippen LogP contribution in [-0.2, 0) is 6.42 Å². The van der Waals surface area contributed by atoms with Crippen molar-refractivity contribution in [2.45, 2.75) is 18.9 Å². The van der Waals surface area contributed by atoms with Crippen LogP contribution in [0.3, 0.4) is 0 Å². The van der Waals surface area contributed by atoms with Crippen molar-refractivity contribution in [3.05, 3.63) is 56.7 Å². The Bertz CT molecular complexity index is 438. The lowest BCUT2D eigenvalue weighted by Gasteiger charge is -2.09. The molecule has 1 atom stereocenters. The zero-order valence-electron chi connectivity index (χ0n) is 8.77. The second-order valence-corrected chi connectivity index (χ2v) is 5.61. The molecule has 0 fully saturated rings. The van der Waals surface area contributed by atoms with Crippen LogP contribution in [0.25, 0.3) is 0 Å². The maximum Gasteiger partial charge on any atom is 0.0793 e. The average molecular weight is 297 g/mol. The fourth-order valence-electron chi connectivity index (χ4n) is 1.61. The van der Waals surface area contributed by atoms with Crippen LogP contribution in [-0.4, -0.2) is 5.11 Å². The van der Waals surface area contributed by atoms with E-state index in [1.165, 1.54) is 4.88 Å². The Balaban J connectivity index is 1.91. The highest BCUT2D eigenvalue weighted by atomic mass is 79.9. The summed E-state index contributed by atoms with van der Waals surface area (Å²) in [5.41, 5.74) is 0.998. The first-order chi connectivity index (χ1) is 7.75. The summed E-state index contributed by atoms with van der Waals surface area (Å²) >= 11 is 5.16. The number of aliphatic hydroxyl groups is 1. The Morgan fingerprint density at radius 3 is 2.62 bits per heavy atom.